The van der Waals surface area contributed by atoms with Crippen molar-refractivity contribution in [3.05, 3.63) is 95.4 Å². The third-order valence-corrected chi connectivity index (χ3v) is 5.45. The summed E-state index contributed by atoms with van der Waals surface area (Å²) in [4.78, 5) is 24.5. The molecule has 178 valence electrons. The molecule has 1 amide bonds. The topological polar surface area (TPSA) is 73.2 Å². The second-order valence-corrected chi connectivity index (χ2v) is 8.60. The molecule has 4 rings (SSSR count). The van der Waals surface area contributed by atoms with Gasteiger partial charge < -0.3 is 10.1 Å². The van der Waals surface area contributed by atoms with E-state index in [0.717, 1.165) is 22.5 Å². The number of ether oxygens (including phenoxy) is 1. The lowest BCUT2D eigenvalue weighted by Crippen LogP contribution is -2.12. The first-order chi connectivity index (χ1) is 16.7. The first kappa shape index (κ1) is 23.9. The fraction of sp³-hybridized carbons (Fsp3) is 0.179. The van der Waals surface area contributed by atoms with Crippen LogP contribution in [-0.4, -0.2) is 21.7 Å². The quantitative estimate of drug-likeness (QED) is 0.336. The van der Waals surface area contributed by atoms with Gasteiger partial charge in [0, 0.05) is 18.2 Å². The highest BCUT2D eigenvalue weighted by Gasteiger charge is 2.25. The third kappa shape index (κ3) is 5.30. The van der Waals surface area contributed by atoms with Gasteiger partial charge >= 0.3 is 5.97 Å². The van der Waals surface area contributed by atoms with Crippen LogP contribution in [-0.2, 0) is 4.79 Å². The number of carbonyl (C=O) groups excluding carboxylic acids is 2. The number of esters is 1. The molecule has 3 aromatic carbocycles. The molecular formula is C28H26FN3O3. The van der Waals surface area contributed by atoms with Crippen LogP contribution >= 0.6 is 0 Å². The zero-order valence-electron chi connectivity index (χ0n) is 20.0. The van der Waals surface area contributed by atoms with Gasteiger partial charge in [0.15, 0.2) is 0 Å². The summed E-state index contributed by atoms with van der Waals surface area (Å²) >= 11 is 0. The standard InChI is InChI=1S/C28H26FN3O3/c1-17(2)26-25(28(35-19(4)33)32(31-26)24-14-8-18(3)9-15-24)20-10-12-23(13-11-20)30-27(34)21-6-5-7-22(29)16-21/h5-17H,1-4H3,(H,30,34). The molecule has 0 spiro atoms. The minimum atomic E-state index is -0.474. The molecule has 0 saturated carbocycles. The number of nitrogens with one attached hydrogen (secondary N) is 1. The molecule has 0 aliphatic carbocycles. The van der Waals surface area contributed by atoms with Gasteiger partial charge in [-0.1, -0.05) is 49.7 Å². The molecular weight excluding hydrogens is 445 g/mol. The van der Waals surface area contributed by atoms with Crippen LogP contribution in [0, 0.1) is 12.7 Å². The van der Waals surface area contributed by atoms with E-state index in [9.17, 15) is 14.0 Å². The maximum Gasteiger partial charge on any atom is 0.309 e. The number of nitrogens with zero attached hydrogens (tertiary/aromatic N) is 2. The van der Waals surface area contributed by atoms with E-state index in [2.05, 4.69) is 5.32 Å². The third-order valence-electron chi connectivity index (χ3n) is 5.45. The number of amides is 1. The fourth-order valence-corrected chi connectivity index (χ4v) is 3.74. The number of hydrogen-bond donors (Lipinski definition) is 1. The number of anilines is 1. The van der Waals surface area contributed by atoms with Crippen molar-refractivity contribution in [1.82, 2.24) is 9.78 Å². The van der Waals surface area contributed by atoms with Crippen molar-refractivity contribution in [2.45, 2.75) is 33.6 Å². The van der Waals surface area contributed by atoms with E-state index in [1.165, 1.54) is 25.1 Å². The first-order valence-electron chi connectivity index (χ1n) is 11.3. The predicted octanol–water partition coefficient (Wildman–Crippen LogP) is 6.29. The molecule has 0 atom stereocenters. The average Bonchev–Trinajstić information content (AvgIpc) is 3.19. The minimum absolute atomic E-state index is 0.0540. The summed E-state index contributed by atoms with van der Waals surface area (Å²) in [6.45, 7) is 7.41. The van der Waals surface area contributed by atoms with E-state index >= 15 is 0 Å². The van der Waals surface area contributed by atoms with Crippen molar-refractivity contribution in [2.24, 2.45) is 0 Å². The zero-order chi connectivity index (χ0) is 25.1. The Morgan fingerprint density at radius 2 is 1.69 bits per heavy atom. The Bertz CT molecular complexity index is 1370. The Hall–Kier alpha value is -4.26. The number of rotatable bonds is 6. The molecule has 0 fully saturated rings. The van der Waals surface area contributed by atoms with Gasteiger partial charge in [0.25, 0.3) is 5.91 Å². The van der Waals surface area contributed by atoms with Gasteiger partial charge in [-0.3, -0.25) is 9.59 Å². The van der Waals surface area contributed by atoms with E-state index in [0.29, 0.717) is 17.1 Å². The second kappa shape index (κ2) is 9.93. The number of carbonyl (C=O) groups is 2. The van der Waals surface area contributed by atoms with Crippen LogP contribution in [0.15, 0.2) is 72.8 Å². The molecule has 4 aromatic rings. The van der Waals surface area contributed by atoms with Crippen molar-refractivity contribution in [3.8, 4) is 22.7 Å². The van der Waals surface area contributed by atoms with E-state index in [1.54, 1.807) is 22.9 Å². The molecule has 1 aromatic heterocycles. The van der Waals surface area contributed by atoms with Gasteiger partial charge in [-0.25, -0.2) is 4.39 Å². The molecule has 0 bridgehead atoms. The van der Waals surface area contributed by atoms with Gasteiger partial charge in [-0.05, 0) is 60.9 Å². The summed E-state index contributed by atoms with van der Waals surface area (Å²) in [5, 5.41) is 7.56. The Balaban J connectivity index is 1.73. The van der Waals surface area contributed by atoms with E-state index in [4.69, 9.17) is 9.84 Å². The van der Waals surface area contributed by atoms with Crippen molar-refractivity contribution in [1.29, 1.82) is 0 Å². The maximum atomic E-state index is 13.5. The van der Waals surface area contributed by atoms with Crippen LogP contribution in [0.25, 0.3) is 16.8 Å². The average molecular weight is 472 g/mol. The van der Waals surface area contributed by atoms with E-state index in [-0.39, 0.29) is 11.5 Å². The summed E-state index contributed by atoms with van der Waals surface area (Å²) in [5.41, 5.74) is 4.93. The second-order valence-electron chi connectivity index (χ2n) is 8.60. The Labute approximate surface area is 203 Å². The van der Waals surface area contributed by atoms with Gasteiger partial charge in [-0.2, -0.15) is 9.78 Å². The van der Waals surface area contributed by atoms with Gasteiger partial charge in [0.1, 0.15) is 5.82 Å². The molecule has 0 saturated heterocycles. The first-order valence-corrected chi connectivity index (χ1v) is 11.3. The maximum absolute atomic E-state index is 13.5. The summed E-state index contributed by atoms with van der Waals surface area (Å²) in [7, 11) is 0. The molecule has 0 radical (unpaired) electrons. The normalized spacial score (nSPS) is 10.9. The predicted molar refractivity (Wildman–Crippen MR) is 133 cm³/mol. The van der Waals surface area contributed by atoms with Gasteiger partial charge in [-0.15, -0.1) is 0 Å². The van der Waals surface area contributed by atoms with E-state index < -0.39 is 17.7 Å². The largest absolute Gasteiger partial charge is 0.407 e. The lowest BCUT2D eigenvalue weighted by Gasteiger charge is -2.11. The van der Waals surface area contributed by atoms with Crippen LogP contribution in [0.1, 0.15) is 48.3 Å². The Kier molecular flexibility index (Phi) is 6.78. The molecule has 6 nitrogen and oxygen atoms in total. The summed E-state index contributed by atoms with van der Waals surface area (Å²) in [5.74, 6) is -0.945. The SMILES string of the molecule is CC(=O)Oc1c(-c2ccc(NC(=O)c3cccc(F)c3)cc2)c(C(C)C)nn1-c1ccc(C)cc1. The van der Waals surface area contributed by atoms with Crippen LogP contribution in [0.5, 0.6) is 5.88 Å². The molecule has 0 aliphatic heterocycles. The van der Waals surface area contributed by atoms with Crippen molar-refractivity contribution in [2.75, 3.05) is 5.32 Å². The number of benzene rings is 3. The Morgan fingerprint density at radius 1 is 1.00 bits per heavy atom. The number of halogens is 1. The molecule has 1 heterocycles. The summed E-state index contributed by atoms with van der Waals surface area (Å²) < 4.78 is 20.8. The zero-order valence-corrected chi connectivity index (χ0v) is 20.0. The van der Waals surface area contributed by atoms with Crippen LogP contribution in [0.3, 0.4) is 0 Å². The lowest BCUT2D eigenvalue weighted by molar-refractivity contribution is -0.132. The Morgan fingerprint density at radius 3 is 2.29 bits per heavy atom. The number of aromatic nitrogens is 2. The number of aryl methyl sites for hydroxylation is 1. The lowest BCUT2D eigenvalue weighted by atomic mass is 9.99. The highest BCUT2D eigenvalue weighted by atomic mass is 19.1. The minimum Gasteiger partial charge on any atom is -0.407 e. The molecule has 0 aliphatic rings. The molecule has 7 heteroatoms. The molecule has 1 N–H and O–H groups in total. The van der Waals surface area contributed by atoms with Gasteiger partial charge in [0.2, 0.25) is 5.88 Å². The smallest absolute Gasteiger partial charge is 0.309 e. The molecule has 0 unspecified atom stereocenters. The van der Waals surface area contributed by atoms with Crippen molar-refractivity contribution >= 4 is 17.6 Å². The van der Waals surface area contributed by atoms with Crippen LogP contribution in [0.2, 0.25) is 0 Å². The van der Waals surface area contributed by atoms with E-state index in [1.807, 2.05) is 57.2 Å². The van der Waals surface area contributed by atoms with Crippen LogP contribution in [0.4, 0.5) is 10.1 Å². The van der Waals surface area contributed by atoms with Crippen LogP contribution < -0.4 is 10.1 Å². The summed E-state index contributed by atoms with van der Waals surface area (Å²) in [6.07, 6.45) is 0. The highest BCUT2D eigenvalue weighted by Crippen LogP contribution is 2.39. The summed E-state index contributed by atoms with van der Waals surface area (Å²) in [6, 6.07) is 20.5. The van der Waals surface area contributed by atoms with Crippen molar-refractivity contribution < 1.29 is 18.7 Å². The highest BCUT2D eigenvalue weighted by molar-refractivity contribution is 6.04. The van der Waals surface area contributed by atoms with Gasteiger partial charge in [0.05, 0.1) is 16.9 Å². The number of hydrogen-bond acceptors (Lipinski definition) is 4. The monoisotopic (exact) mass is 471 g/mol. The molecule has 35 heavy (non-hydrogen) atoms. The van der Waals surface area contributed by atoms with Crippen molar-refractivity contribution in [3.63, 3.8) is 0 Å². The fourth-order valence-electron chi connectivity index (χ4n) is 3.74.